The molecule has 0 fully saturated rings. The van der Waals surface area contributed by atoms with Gasteiger partial charge < -0.3 is 0 Å². The molecule has 0 aromatic heterocycles. The predicted octanol–water partition coefficient (Wildman–Crippen LogP) is 3.59. The molecule has 0 saturated heterocycles. The maximum atomic E-state index is 13.4. The molecule has 0 aliphatic rings. The Morgan fingerprint density at radius 1 is 0.542 bits per heavy atom. The van der Waals surface area contributed by atoms with E-state index in [0.29, 0.717) is 0 Å². The fraction of sp³-hybridized carbons (Fsp3) is 0.100. The summed E-state index contributed by atoms with van der Waals surface area (Å²) in [5, 5.41) is 0. The Morgan fingerprint density at radius 3 is 1.00 bits per heavy atom. The quantitative estimate of drug-likeness (QED) is 0.552. The Morgan fingerprint density at radius 2 is 0.792 bits per heavy atom. The molecule has 0 N–H and O–H groups in total. The monoisotopic (exact) mass is 434 g/mol. The average Bonchev–Trinajstić information content (AvgIpc) is 2.60. The average molecular weight is 433 g/mol. The van der Waals surface area contributed by atoms with Crippen LogP contribution in [0.15, 0.2) is 72.8 Å². The van der Waals surface area contributed by atoms with Gasteiger partial charge in [0.25, 0.3) is 0 Å². The van der Waals surface area contributed by atoms with Crippen LogP contribution in [0.3, 0.4) is 0 Å². The number of hydrogen-bond donors (Lipinski definition) is 0. The molecule has 0 aliphatic heterocycles. The van der Waals surface area contributed by atoms with Crippen molar-refractivity contribution in [3.63, 3.8) is 0 Å². The summed E-state index contributed by atoms with van der Waals surface area (Å²) in [6.45, 7) is 2.10. The second-order valence-corrected chi connectivity index (χ2v) is 17.9. The van der Waals surface area contributed by atoms with Crippen LogP contribution in [0.4, 0.5) is 13.2 Å². The Balaban J connectivity index is 2.27. The van der Waals surface area contributed by atoms with Crippen LogP contribution in [0.1, 0.15) is 6.92 Å². The number of benzene rings is 3. The van der Waals surface area contributed by atoms with Gasteiger partial charge in [0.2, 0.25) is 0 Å². The van der Waals surface area contributed by atoms with Gasteiger partial charge in [-0.3, -0.25) is 0 Å². The number of rotatable bonds is 4. The summed E-state index contributed by atoms with van der Waals surface area (Å²) in [4.78, 5) is 0. The first-order valence-corrected chi connectivity index (χ1v) is 14.1. The summed E-state index contributed by atoms with van der Waals surface area (Å²) in [5.74, 6) is -0.852. The van der Waals surface area contributed by atoms with Crippen molar-refractivity contribution in [3.8, 4) is 0 Å². The minimum atomic E-state index is -3.42. The zero-order valence-electron chi connectivity index (χ0n) is 13.3. The van der Waals surface area contributed by atoms with Gasteiger partial charge in [0.05, 0.1) is 0 Å². The van der Waals surface area contributed by atoms with Gasteiger partial charge in [-0.25, -0.2) is 0 Å². The zero-order chi connectivity index (χ0) is 17.2. The Kier molecular flexibility index (Phi) is 4.99. The third-order valence-electron chi connectivity index (χ3n) is 4.54. The van der Waals surface area contributed by atoms with E-state index in [9.17, 15) is 13.2 Å². The van der Waals surface area contributed by atoms with Crippen LogP contribution in [0, 0.1) is 17.5 Å². The molecule has 3 aromatic carbocycles. The van der Waals surface area contributed by atoms with Gasteiger partial charge in [-0.15, -0.1) is 0 Å². The van der Waals surface area contributed by atoms with Gasteiger partial charge in [0, 0.05) is 0 Å². The second kappa shape index (κ2) is 7.01. The van der Waals surface area contributed by atoms with Crippen molar-refractivity contribution in [3.05, 3.63) is 90.2 Å². The topological polar surface area (TPSA) is 0 Å². The van der Waals surface area contributed by atoms with Crippen molar-refractivity contribution in [1.29, 1.82) is 0 Å². The molecule has 0 aliphatic carbocycles. The molecule has 0 unspecified atom stereocenters. The van der Waals surface area contributed by atoms with E-state index in [1.165, 1.54) is 36.4 Å². The van der Waals surface area contributed by atoms with Crippen molar-refractivity contribution in [2.45, 2.75) is 11.4 Å². The van der Waals surface area contributed by atoms with Gasteiger partial charge in [-0.2, -0.15) is 0 Å². The van der Waals surface area contributed by atoms with Crippen LogP contribution in [0.5, 0.6) is 0 Å². The van der Waals surface area contributed by atoms with Crippen molar-refractivity contribution >= 4 is 29.1 Å². The fourth-order valence-corrected chi connectivity index (χ4v) is 16.0. The molecule has 0 spiro atoms. The summed E-state index contributed by atoms with van der Waals surface area (Å²) in [6, 6.07) is 19.7. The van der Waals surface area contributed by atoms with Crippen molar-refractivity contribution < 1.29 is 13.2 Å². The van der Waals surface area contributed by atoms with Crippen LogP contribution >= 0.6 is 0 Å². The van der Waals surface area contributed by atoms with E-state index >= 15 is 0 Å². The first kappa shape index (κ1) is 17.1. The molecule has 0 radical (unpaired) electrons. The van der Waals surface area contributed by atoms with Gasteiger partial charge in [0.15, 0.2) is 0 Å². The number of hydrogen-bond acceptors (Lipinski definition) is 0. The van der Waals surface area contributed by atoms with E-state index in [2.05, 4.69) is 6.92 Å². The molecule has 3 rings (SSSR count). The first-order chi connectivity index (χ1) is 11.6. The molecule has 4 heteroatoms. The molecule has 24 heavy (non-hydrogen) atoms. The second-order valence-electron chi connectivity index (χ2n) is 5.78. The third kappa shape index (κ3) is 3.09. The van der Waals surface area contributed by atoms with E-state index in [4.69, 9.17) is 0 Å². The van der Waals surface area contributed by atoms with E-state index in [1.807, 2.05) is 36.4 Å². The molecule has 0 heterocycles. The van der Waals surface area contributed by atoms with Gasteiger partial charge in [0.1, 0.15) is 0 Å². The summed E-state index contributed by atoms with van der Waals surface area (Å²) in [5.41, 5.74) is 0. The SMILES string of the molecule is C[CH2][Sn]([c]1ccc(F)cc1)([c]1ccc(F)cc1)[c]1ccc(F)cc1. The Labute approximate surface area is 143 Å². The van der Waals surface area contributed by atoms with Crippen molar-refractivity contribution in [2.75, 3.05) is 0 Å². The molecule has 0 amide bonds. The normalized spacial score (nSPS) is 11.5. The molecule has 0 bridgehead atoms. The van der Waals surface area contributed by atoms with Crippen LogP contribution in [0.25, 0.3) is 0 Å². The Hall–Kier alpha value is -1.75. The van der Waals surface area contributed by atoms with E-state index in [-0.39, 0.29) is 17.5 Å². The van der Waals surface area contributed by atoms with Crippen LogP contribution < -0.4 is 10.7 Å². The summed E-state index contributed by atoms with van der Waals surface area (Å²) >= 11 is -3.42. The van der Waals surface area contributed by atoms with E-state index < -0.39 is 18.4 Å². The first-order valence-electron chi connectivity index (χ1n) is 7.84. The molecule has 3 aromatic rings. The summed E-state index contributed by atoms with van der Waals surface area (Å²) < 4.78 is 44.4. The van der Waals surface area contributed by atoms with Gasteiger partial charge in [-0.05, 0) is 0 Å². The predicted molar refractivity (Wildman–Crippen MR) is 94.3 cm³/mol. The molecular formula is C20H17F3Sn. The van der Waals surface area contributed by atoms with Crippen molar-refractivity contribution in [2.24, 2.45) is 0 Å². The summed E-state index contributed by atoms with van der Waals surface area (Å²) in [6.07, 6.45) is 0. The van der Waals surface area contributed by atoms with Gasteiger partial charge >= 0.3 is 144 Å². The minimum absolute atomic E-state index is 0.284. The fourth-order valence-electron chi connectivity index (χ4n) is 3.32. The molecule has 0 saturated carbocycles. The number of halogens is 3. The molecule has 122 valence electrons. The molecular weight excluding hydrogens is 416 g/mol. The van der Waals surface area contributed by atoms with E-state index in [0.717, 1.165) is 15.2 Å². The van der Waals surface area contributed by atoms with Gasteiger partial charge in [-0.1, -0.05) is 0 Å². The maximum absolute atomic E-state index is 13.4. The zero-order valence-corrected chi connectivity index (χ0v) is 16.1. The standard InChI is InChI=1S/3C6H4F.C2H5.Sn/c3*7-6-4-2-1-3-5-6;1-2;/h3*2-5H;1H2,2H3;. The van der Waals surface area contributed by atoms with Crippen LogP contribution in [-0.4, -0.2) is 18.4 Å². The van der Waals surface area contributed by atoms with E-state index in [1.54, 1.807) is 0 Å². The van der Waals surface area contributed by atoms with Crippen molar-refractivity contribution in [1.82, 2.24) is 0 Å². The van der Waals surface area contributed by atoms with Crippen LogP contribution in [-0.2, 0) is 0 Å². The molecule has 0 atom stereocenters. The third-order valence-corrected chi connectivity index (χ3v) is 18.9. The Bertz CT molecular complexity index is 698. The van der Waals surface area contributed by atoms with Crippen LogP contribution in [0.2, 0.25) is 4.44 Å². The summed E-state index contributed by atoms with van der Waals surface area (Å²) in [7, 11) is 0. The molecule has 0 nitrogen and oxygen atoms in total.